The second-order valence-corrected chi connectivity index (χ2v) is 5.77. The maximum atomic E-state index is 3.76. The van der Waals surface area contributed by atoms with Gasteiger partial charge in [0.15, 0.2) is 0 Å². The molecule has 1 aromatic carbocycles. The average molecular weight is 281 g/mol. The van der Waals surface area contributed by atoms with E-state index in [1.165, 1.54) is 27.7 Å². The first kappa shape index (κ1) is 10.6. The van der Waals surface area contributed by atoms with Gasteiger partial charge in [-0.2, -0.15) is 0 Å². The monoisotopic (exact) mass is 280 g/mol. The lowest BCUT2D eigenvalue weighted by atomic mass is 10.1. The fourth-order valence-electron chi connectivity index (χ4n) is 2.99. The second-order valence-electron chi connectivity index (χ2n) is 4.98. The lowest BCUT2D eigenvalue weighted by molar-refractivity contribution is 0.429. The lowest BCUT2D eigenvalue weighted by Crippen LogP contribution is -2.55. The Kier molecular flexibility index (Phi) is 2.48. The van der Waals surface area contributed by atoms with Crippen LogP contribution < -0.4 is 10.2 Å². The molecule has 0 saturated carbocycles. The number of hydrogen-bond acceptors (Lipinski definition) is 2. The van der Waals surface area contributed by atoms with Crippen LogP contribution in [0.1, 0.15) is 18.1 Å². The van der Waals surface area contributed by atoms with E-state index in [2.05, 4.69) is 52.1 Å². The molecule has 3 rings (SSSR count). The summed E-state index contributed by atoms with van der Waals surface area (Å²) in [6, 6.07) is 5.76. The summed E-state index contributed by atoms with van der Waals surface area (Å²) in [5, 5.41) is 3.52. The summed E-state index contributed by atoms with van der Waals surface area (Å²) in [7, 11) is 0. The first-order chi connectivity index (χ1) is 7.68. The van der Waals surface area contributed by atoms with Crippen LogP contribution in [-0.2, 0) is 6.42 Å². The van der Waals surface area contributed by atoms with E-state index in [1.54, 1.807) is 0 Å². The van der Waals surface area contributed by atoms with Gasteiger partial charge in [0.05, 0.1) is 5.69 Å². The number of rotatable bonds is 0. The van der Waals surface area contributed by atoms with E-state index in [1.807, 2.05) is 0 Å². The maximum Gasteiger partial charge on any atom is 0.0552 e. The smallest absolute Gasteiger partial charge is 0.0552 e. The van der Waals surface area contributed by atoms with Crippen LogP contribution in [0.5, 0.6) is 0 Å². The summed E-state index contributed by atoms with van der Waals surface area (Å²) in [4.78, 5) is 2.60. The molecule has 1 N–H and O–H groups in total. The highest BCUT2D eigenvalue weighted by atomic mass is 79.9. The standard InChI is InChI=1S/C13H17BrN2/c1-8-3-4-10-5-11-7-15-6-9(2)16(11)13(10)12(8)14/h3-4,9,11,15H,5-7H2,1-2H3. The third kappa shape index (κ3) is 1.41. The highest BCUT2D eigenvalue weighted by molar-refractivity contribution is 9.10. The fraction of sp³-hybridized carbons (Fsp3) is 0.538. The minimum Gasteiger partial charge on any atom is -0.362 e. The summed E-state index contributed by atoms with van der Waals surface area (Å²) in [6.07, 6.45) is 1.19. The topological polar surface area (TPSA) is 15.3 Å². The SMILES string of the molecule is Cc1ccc2c(c1Br)N1C(C)CNCC1C2. The van der Waals surface area contributed by atoms with Crippen molar-refractivity contribution in [2.75, 3.05) is 18.0 Å². The van der Waals surface area contributed by atoms with Crippen LogP contribution in [0, 0.1) is 6.92 Å². The Balaban J connectivity index is 2.11. The van der Waals surface area contributed by atoms with Crippen LogP contribution in [0.3, 0.4) is 0 Å². The van der Waals surface area contributed by atoms with Gasteiger partial charge in [-0.25, -0.2) is 0 Å². The number of aryl methyl sites for hydroxylation is 1. The van der Waals surface area contributed by atoms with Crippen LogP contribution in [0.2, 0.25) is 0 Å². The molecule has 1 aromatic rings. The van der Waals surface area contributed by atoms with E-state index in [-0.39, 0.29) is 0 Å². The Labute approximate surface area is 105 Å². The van der Waals surface area contributed by atoms with Gasteiger partial charge in [0.2, 0.25) is 0 Å². The van der Waals surface area contributed by atoms with Crippen molar-refractivity contribution in [2.24, 2.45) is 0 Å². The molecule has 0 bridgehead atoms. The van der Waals surface area contributed by atoms with Crippen LogP contribution in [0.25, 0.3) is 0 Å². The van der Waals surface area contributed by atoms with Crippen LogP contribution in [0.15, 0.2) is 16.6 Å². The summed E-state index contributed by atoms with van der Waals surface area (Å²) in [6.45, 7) is 6.69. The van der Waals surface area contributed by atoms with Crippen molar-refractivity contribution < 1.29 is 0 Å². The number of piperazine rings is 1. The summed E-state index contributed by atoms with van der Waals surface area (Å²) < 4.78 is 1.29. The number of halogens is 1. The van der Waals surface area contributed by atoms with Gasteiger partial charge in [-0.3, -0.25) is 0 Å². The summed E-state index contributed by atoms with van der Waals surface area (Å²) in [5.41, 5.74) is 4.28. The van der Waals surface area contributed by atoms with Crippen molar-refractivity contribution >= 4 is 21.6 Å². The number of nitrogens with zero attached hydrogens (tertiary/aromatic N) is 1. The first-order valence-corrected chi connectivity index (χ1v) is 6.75. The maximum absolute atomic E-state index is 3.76. The minimum atomic E-state index is 0.595. The van der Waals surface area contributed by atoms with Gasteiger partial charge in [0.25, 0.3) is 0 Å². The molecule has 0 radical (unpaired) electrons. The normalized spacial score (nSPS) is 27.8. The van der Waals surface area contributed by atoms with Gasteiger partial charge in [-0.15, -0.1) is 0 Å². The van der Waals surface area contributed by atoms with Gasteiger partial charge in [-0.1, -0.05) is 12.1 Å². The van der Waals surface area contributed by atoms with Gasteiger partial charge in [0.1, 0.15) is 0 Å². The van der Waals surface area contributed by atoms with Crippen molar-refractivity contribution in [1.29, 1.82) is 0 Å². The summed E-state index contributed by atoms with van der Waals surface area (Å²) in [5.74, 6) is 0. The van der Waals surface area contributed by atoms with Crippen molar-refractivity contribution in [3.63, 3.8) is 0 Å². The van der Waals surface area contributed by atoms with Crippen molar-refractivity contribution in [3.05, 3.63) is 27.7 Å². The molecule has 0 amide bonds. The van der Waals surface area contributed by atoms with Crippen LogP contribution in [-0.4, -0.2) is 25.2 Å². The van der Waals surface area contributed by atoms with E-state index >= 15 is 0 Å². The van der Waals surface area contributed by atoms with E-state index in [0.29, 0.717) is 12.1 Å². The van der Waals surface area contributed by atoms with Crippen LogP contribution in [0.4, 0.5) is 5.69 Å². The molecule has 2 unspecified atom stereocenters. The largest absolute Gasteiger partial charge is 0.362 e. The number of anilines is 1. The van der Waals surface area contributed by atoms with Gasteiger partial charge in [-0.05, 0) is 47.3 Å². The third-order valence-corrected chi connectivity index (χ3v) is 4.80. The van der Waals surface area contributed by atoms with E-state index in [0.717, 1.165) is 13.1 Å². The van der Waals surface area contributed by atoms with Crippen molar-refractivity contribution in [1.82, 2.24) is 5.32 Å². The molecule has 0 spiro atoms. The molecular weight excluding hydrogens is 264 g/mol. The number of hydrogen-bond donors (Lipinski definition) is 1. The Bertz CT molecular complexity index is 430. The van der Waals surface area contributed by atoms with Crippen molar-refractivity contribution in [2.45, 2.75) is 32.4 Å². The zero-order valence-corrected chi connectivity index (χ0v) is 11.3. The number of fused-ring (bicyclic) bond motifs is 3. The molecule has 2 heterocycles. The molecule has 2 atom stereocenters. The zero-order chi connectivity index (χ0) is 11.3. The molecule has 2 aliphatic rings. The molecule has 1 saturated heterocycles. The lowest BCUT2D eigenvalue weighted by Gasteiger charge is -2.39. The molecule has 1 fully saturated rings. The first-order valence-electron chi connectivity index (χ1n) is 5.95. The third-order valence-electron chi connectivity index (χ3n) is 3.79. The predicted molar refractivity (Wildman–Crippen MR) is 71.2 cm³/mol. The highest BCUT2D eigenvalue weighted by Gasteiger charge is 2.36. The number of nitrogens with one attached hydrogen (secondary N) is 1. The van der Waals surface area contributed by atoms with E-state index in [9.17, 15) is 0 Å². The molecule has 16 heavy (non-hydrogen) atoms. The molecular formula is C13H17BrN2. The van der Waals surface area contributed by atoms with Crippen molar-refractivity contribution in [3.8, 4) is 0 Å². The van der Waals surface area contributed by atoms with Crippen LogP contribution >= 0.6 is 15.9 Å². The van der Waals surface area contributed by atoms with E-state index < -0.39 is 0 Å². The Morgan fingerprint density at radius 2 is 2.19 bits per heavy atom. The quantitative estimate of drug-likeness (QED) is 0.786. The average Bonchev–Trinajstić information content (AvgIpc) is 2.64. The minimum absolute atomic E-state index is 0.595. The highest BCUT2D eigenvalue weighted by Crippen LogP contribution is 2.41. The molecule has 2 aliphatic heterocycles. The van der Waals surface area contributed by atoms with Gasteiger partial charge >= 0.3 is 0 Å². The van der Waals surface area contributed by atoms with Gasteiger partial charge in [0, 0.05) is 29.6 Å². The Hall–Kier alpha value is -0.540. The Morgan fingerprint density at radius 1 is 1.38 bits per heavy atom. The van der Waals surface area contributed by atoms with E-state index in [4.69, 9.17) is 0 Å². The predicted octanol–water partition coefficient (Wildman–Crippen LogP) is 2.48. The molecule has 2 nitrogen and oxygen atoms in total. The van der Waals surface area contributed by atoms with Gasteiger partial charge < -0.3 is 10.2 Å². The Morgan fingerprint density at radius 3 is 3.00 bits per heavy atom. The fourth-order valence-corrected chi connectivity index (χ4v) is 3.58. The second kappa shape index (κ2) is 3.74. The molecule has 0 aliphatic carbocycles. The zero-order valence-electron chi connectivity index (χ0n) is 9.76. The molecule has 0 aromatic heterocycles. The number of benzene rings is 1. The molecule has 86 valence electrons. The summed E-state index contributed by atoms with van der Waals surface area (Å²) >= 11 is 3.76. The molecule has 3 heteroatoms.